The molecule has 0 aromatic heterocycles. The highest BCUT2D eigenvalue weighted by atomic mass is 35.5. The van der Waals surface area contributed by atoms with Gasteiger partial charge in [0.1, 0.15) is 0 Å². The Balaban J connectivity index is 2.36. The normalized spacial score (nSPS) is 11.3. The molecule has 3 nitrogen and oxygen atoms in total. The van der Waals surface area contributed by atoms with Crippen LogP contribution in [0.4, 0.5) is 0 Å². The lowest BCUT2D eigenvalue weighted by Crippen LogP contribution is -2.03. The number of hydrogen-bond acceptors (Lipinski definition) is 3. The van der Waals surface area contributed by atoms with Crippen LogP contribution in [0.5, 0.6) is 0 Å². The van der Waals surface area contributed by atoms with Crippen LogP contribution < -0.4 is 0 Å². The second kappa shape index (κ2) is 5.56. The smallest absolute Gasteiger partial charge is 0.193 e. The molecule has 0 saturated carbocycles. The molecule has 0 spiro atoms. The first-order chi connectivity index (χ1) is 9.29. The molecule has 0 aliphatic rings. The Morgan fingerprint density at radius 2 is 1.45 bits per heavy atom. The molecule has 2 aromatic carbocycles. The molecule has 0 aliphatic heterocycles. The first kappa shape index (κ1) is 15.0. The highest BCUT2D eigenvalue weighted by molar-refractivity contribution is 7.90. The minimum absolute atomic E-state index is 0.170. The number of sulfone groups is 1. The zero-order chi connectivity index (χ0) is 14.9. The van der Waals surface area contributed by atoms with E-state index in [0.29, 0.717) is 21.2 Å². The number of rotatable bonds is 3. The molecule has 0 aliphatic carbocycles. The van der Waals surface area contributed by atoms with Crippen LogP contribution in [0.15, 0.2) is 47.4 Å². The maximum atomic E-state index is 12.2. The third-order valence-corrected chi connectivity index (χ3v) is 4.59. The van der Waals surface area contributed by atoms with Crippen molar-refractivity contribution in [1.82, 2.24) is 0 Å². The van der Waals surface area contributed by atoms with E-state index in [1.165, 1.54) is 30.3 Å². The van der Waals surface area contributed by atoms with Crippen LogP contribution in [0.3, 0.4) is 0 Å². The highest BCUT2D eigenvalue weighted by Crippen LogP contribution is 2.24. The van der Waals surface area contributed by atoms with E-state index in [1.807, 2.05) is 0 Å². The van der Waals surface area contributed by atoms with Crippen molar-refractivity contribution in [2.45, 2.75) is 4.90 Å². The van der Waals surface area contributed by atoms with Crippen molar-refractivity contribution >= 4 is 38.8 Å². The molecule has 0 atom stereocenters. The Kier molecular flexibility index (Phi) is 4.18. The number of ketones is 1. The van der Waals surface area contributed by atoms with Gasteiger partial charge in [-0.3, -0.25) is 4.79 Å². The van der Waals surface area contributed by atoms with Gasteiger partial charge in [0.15, 0.2) is 15.6 Å². The summed E-state index contributed by atoms with van der Waals surface area (Å²) in [7, 11) is -3.27. The summed E-state index contributed by atoms with van der Waals surface area (Å²) in [4.78, 5) is 12.4. The van der Waals surface area contributed by atoms with Crippen LogP contribution in [-0.2, 0) is 9.84 Å². The molecule has 2 aromatic rings. The van der Waals surface area contributed by atoms with Crippen LogP contribution in [0.2, 0.25) is 10.0 Å². The maximum absolute atomic E-state index is 12.2. The van der Waals surface area contributed by atoms with Crippen molar-refractivity contribution in [3.05, 3.63) is 63.6 Å². The molecule has 6 heteroatoms. The van der Waals surface area contributed by atoms with Gasteiger partial charge in [0, 0.05) is 17.4 Å². The summed E-state index contributed by atoms with van der Waals surface area (Å²) < 4.78 is 22.7. The molecule has 0 fully saturated rings. The fraction of sp³-hybridized carbons (Fsp3) is 0.0714. The number of hydrogen-bond donors (Lipinski definition) is 0. The van der Waals surface area contributed by atoms with E-state index in [2.05, 4.69) is 0 Å². The molecule has 2 rings (SSSR count). The van der Waals surface area contributed by atoms with Crippen molar-refractivity contribution in [2.24, 2.45) is 0 Å². The SMILES string of the molecule is CS(=O)(=O)c1ccc(C(=O)c2ccc(Cl)c(Cl)c2)cc1. The lowest BCUT2D eigenvalue weighted by molar-refractivity contribution is 0.103. The van der Waals surface area contributed by atoms with E-state index in [9.17, 15) is 13.2 Å². The van der Waals surface area contributed by atoms with E-state index in [0.717, 1.165) is 6.26 Å². The molecule has 0 radical (unpaired) electrons. The Hall–Kier alpha value is -1.36. The summed E-state index contributed by atoms with van der Waals surface area (Å²) in [5, 5.41) is 0.668. The number of carbonyl (C=O) groups excluding carboxylic acids is 1. The Morgan fingerprint density at radius 3 is 1.95 bits per heavy atom. The summed E-state index contributed by atoms with van der Waals surface area (Å²) >= 11 is 11.7. The molecule has 0 N–H and O–H groups in total. The maximum Gasteiger partial charge on any atom is 0.193 e. The number of carbonyl (C=O) groups is 1. The second-order valence-electron chi connectivity index (χ2n) is 4.25. The molecule has 0 bridgehead atoms. The molecule has 0 amide bonds. The number of halogens is 2. The average Bonchev–Trinajstić information content (AvgIpc) is 2.40. The van der Waals surface area contributed by atoms with Crippen LogP contribution in [0, 0.1) is 0 Å². The first-order valence-electron chi connectivity index (χ1n) is 5.59. The van der Waals surface area contributed by atoms with Gasteiger partial charge in [-0.1, -0.05) is 23.2 Å². The fourth-order valence-electron chi connectivity index (χ4n) is 1.66. The van der Waals surface area contributed by atoms with Crippen molar-refractivity contribution in [2.75, 3.05) is 6.26 Å². The van der Waals surface area contributed by atoms with Crippen LogP contribution >= 0.6 is 23.2 Å². The first-order valence-corrected chi connectivity index (χ1v) is 8.23. The quantitative estimate of drug-likeness (QED) is 0.808. The summed E-state index contributed by atoms with van der Waals surface area (Å²) in [6.45, 7) is 0. The second-order valence-corrected chi connectivity index (χ2v) is 7.08. The van der Waals surface area contributed by atoms with E-state index < -0.39 is 9.84 Å². The van der Waals surface area contributed by atoms with Gasteiger partial charge in [0.05, 0.1) is 14.9 Å². The molecular formula is C14H10Cl2O3S. The van der Waals surface area contributed by atoms with Crippen LogP contribution in [-0.4, -0.2) is 20.5 Å². The molecule has 20 heavy (non-hydrogen) atoms. The van der Waals surface area contributed by atoms with Gasteiger partial charge < -0.3 is 0 Å². The Labute approximate surface area is 127 Å². The summed E-state index contributed by atoms with van der Waals surface area (Å²) in [5.41, 5.74) is 0.780. The van der Waals surface area contributed by atoms with Gasteiger partial charge >= 0.3 is 0 Å². The highest BCUT2D eigenvalue weighted by Gasteiger charge is 2.12. The minimum Gasteiger partial charge on any atom is -0.289 e. The topological polar surface area (TPSA) is 51.2 Å². The van der Waals surface area contributed by atoms with Crippen molar-refractivity contribution in [3.63, 3.8) is 0 Å². The minimum atomic E-state index is -3.27. The fourth-order valence-corrected chi connectivity index (χ4v) is 2.59. The van der Waals surface area contributed by atoms with E-state index in [1.54, 1.807) is 12.1 Å². The molecule has 104 valence electrons. The number of benzene rings is 2. The van der Waals surface area contributed by atoms with E-state index >= 15 is 0 Å². The van der Waals surface area contributed by atoms with Crippen molar-refractivity contribution < 1.29 is 13.2 Å². The Bertz CT molecular complexity index is 766. The Morgan fingerprint density at radius 1 is 0.900 bits per heavy atom. The summed E-state index contributed by atoms with van der Waals surface area (Å²) in [6.07, 6.45) is 1.11. The molecule has 0 heterocycles. The monoisotopic (exact) mass is 328 g/mol. The van der Waals surface area contributed by atoms with Gasteiger partial charge in [0.2, 0.25) is 0 Å². The zero-order valence-corrected chi connectivity index (χ0v) is 12.8. The van der Waals surface area contributed by atoms with Crippen molar-refractivity contribution in [3.8, 4) is 0 Å². The largest absolute Gasteiger partial charge is 0.289 e. The third-order valence-electron chi connectivity index (χ3n) is 2.73. The predicted octanol–water partition coefficient (Wildman–Crippen LogP) is 3.63. The van der Waals surface area contributed by atoms with Crippen LogP contribution in [0.1, 0.15) is 15.9 Å². The van der Waals surface area contributed by atoms with Gasteiger partial charge in [-0.25, -0.2) is 8.42 Å². The van der Waals surface area contributed by atoms with Crippen molar-refractivity contribution in [1.29, 1.82) is 0 Å². The molecule has 0 saturated heterocycles. The third kappa shape index (κ3) is 3.20. The summed E-state index contributed by atoms with van der Waals surface area (Å²) in [5.74, 6) is -0.247. The lowest BCUT2D eigenvalue weighted by Gasteiger charge is -2.04. The zero-order valence-electron chi connectivity index (χ0n) is 10.4. The molecule has 0 unspecified atom stereocenters. The standard InChI is InChI=1S/C14H10Cl2O3S/c1-20(18,19)11-5-2-9(3-6-11)14(17)10-4-7-12(15)13(16)8-10/h2-8H,1H3. The van der Waals surface area contributed by atoms with Gasteiger partial charge in [0.25, 0.3) is 0 Å². The predicted molar refractivity (Wildman–Crippen MR) is 79.4 cm³/mol. The average molecular weight is 329 g/mol. The van der Waals surface area contributed by atoms with E-state index in [4.69, 9.17) is 23.2 Å². The van der Waals surface area contributed by atoms with Gasteiger partial charge in [-0.2, -0.15) is 0 Å². The van der Waals surface area contributed by atoms with Gasteiger partial charge in [-0.05, 0) is 42.5 Å². The van der Waals surface area contributed by atoms with E-state index in [-0.39, 0.29) is 10.7 Å². The lowest BCUT2D eigenvalue weighted by atomic mass is 10.0. The van der Waals surface area contributed by atoms with Crippen LogP contribution in [0.25, 0.3) is 0 Å². The van der Waals surface area contributed by atoms with Gasteiger partial charge in [-0.15, -0.1) is 0 Å². The summed E-state index contributed by atoms with van der Waals surface area (Å²) in [6, 6.07) is 10.3. The molecular weight excluding hydrogens is 319 g/mol.